The fraction of sp³-hybridized carbons (Fsp3) is 0.214. The Bertz CT molecular complexity index is 676. The molecule has 22 heavy (non-hydrogen) atoms. The van der Waals surface area contributed by atoms with Crippen molar-refractivity contribution in [2.45, 2.75) is 6.54 Å². The monoisotopic (exact) mass is 339 g/mol. The summed E-state index contributed by atoms with van der Waals surface area (Å²) in [6.45, 7) is 0.768. The van der Waals surface area contributed by atoms with E-state index < -0.39 is 4.92 Å². The van der Waals surface area contributed by atoms with Crippen LogP contribution in [0.4, 0.5) is 11.4 Å². The van der Waals surface area contributed by atoms with Crippen LogP contribution in [0.25, 0.3) is 0 Å². The van der Waals surface area contributed by atoms with Gasteiger partial charge in [-0.3, -0.25) is 19.8 Å². The Balaban J connectivity index is 1.99. The van der Waals surface area contributed by atoms with E-state index in [1.807, 2.05) is 29.5 Å². The number of nitro benzene ring substituents is 1. The highest BCUT2D eigenvalue weighted by molar-refractivity contribution is 7.09. The Kier molecular flexibility index (Phi) is 5.48. The summed E-state index contributed by atoms with van der Waals surface area (Å²) in [7, 11) is 1.81. The topological polar surface area (TPSA) is 75.5 Å². The third-order valence-corrected chi connectivity index (χ3v) is 3.95. The number of benzene rings is 1. The van der Waals surface area contributed by atoms with Gasteiger partial charge in [-0.15, -0.1) is 11.3 Å². The van der Waals surface area contributed by atoms with Gasteiger partial charge < -0.3 is 5.32 Å². The highest BCUT2D eigenvalue weighted by Gasteiger charge is 2.17. The summed E-state index contributed by atoms with van der Waals surface area (Å²) >= 11 is 7.43. The molecule has 2 aromatic rings. The minimum absolute atomic E-state index is 0.104. The van der Waals surface area contributed by atoms with Crippen molar-refractivity contribution in [3.8, 4) is 0 Å². The van der Waals surface area contributed by atoms with E-state index in [0.717, 1.165) is 4.88 Å². The van der Waals surface area contributed by atoms with E-state index >= 15 is 0 Å². The number of hydrogen-bond acceptors (Lipinski definition) is 5. The zero-order valence-corrected chi connectivity index (χ0v) is 13.4. The van der Waals surface area contributed by atoms with Gasteiger partial charge in [-0.05, 0) is 30.6 Å². The Morgan fingerprint density at radius 2 is 2.23 bits per heavy atom. The van der Waals surface area contributed by atoms with Crippen molar-refractivity contribution in [3.63, 3.8) is 0 Å². The van der Waals surface area contributed by atoms with Crippen molar-refractivity contribution in [3.05, 3.63) is 55.7 Å². The van der Waals surface area contributed by atoms with Gasteiger partial charge in [0.2, 0.25) is 5.91 Å². The van der Waals surface area contributed by atoms with Crippen molar-refractivity contribution in [2.24, 2.45) is 0 Å². The number of nitrogens with one attached hydrogen (secondary N) is 1. The standard InChI is InChI=1S/C14H14ClN3O3S/c1-17(8-11-3-2-6-22-11)9-14(19)16-12-7-10(15)4-5-13(12)18(20)21/h2-7H,8-9H2,1H3,(H,16,19). The number of halogens is 1. The van der Waals surface area contributed by atoms with Crippen molar-refractivity contribution in [2.75, 3.05) is 18.9 Å². The summed E-state index contributed by atoms with van der Waals surface area (Å²) in [4.78, 5) is 25.4. The molecule has 6 nitrogen and oxygen atoms in total. The van der Waals surface area contributed by atoms with Gasteiger partial charge in [0, 0.05) is 22.5 Å². The first-order chi connectivity index (χ1) is 10.5. The second kappa shape index (κ2) is 7.35. The van der Waals surface area contributed by atoms with Gasteiger partial charge in [-0.1, -0.05) is 17.7 Å². The van der Waals surface area contributed by atoms with E-state index in [2.05, 4.69) is 5.32 Å². The number of anilines is 1. The van der Waals surface area contributed by atoms with Crippen LogP contribution in [0.2, 0.25) is 5.02 Å². The molecule has 0 spiro atoms. The highest BCUT2D eigenvalue weighted by Crippen LogP contribution is 2.27. The summed E-state index contributed by atoms with van der Waals surface area (Å²) in [5.74, 6) is -0.329. The molecule has 1 aromatic heterocycles. The van der Waals surface area contributed by atoms with Gasteiger partial charge in [-0.25, -0.2) is 0 Å². The minimum Gasteiger partial charge on any atom is -0.319 e. The molecular formula is C14H14ClN3O3S. The zero-order valence-electron chi connectivity index (χ0n) is 11.8. The fourth-order valence-electron chi connectivity index (χ4n) is 1.93. The Hall–Kier alpha value is -1.96. The number of carbonyl (C=O) groups is 1. The lowest BCUT2D eigenvalue weighted by Gasteiger charge is -2.15. The van der Waals surface area contributed by atoms with Crippen LogP contribution in [-0.2, 0) is 11.3 Å². The number of thiophene rings is 1. The van der Waals surface area contributed by atoms with Crippen LogP contribution in [0, 0.1) is 10.1 Å². The molecule has 0 radical (unpaired) electrons. The molecule has 2 rings (SSSR count). The molecule has 116 valence electrons. The maximum absolute atomic E-state index is 12.0. The second-order valence-corrected chi connectivity index (χ2v) is 6.19. The van der Waals surface area contributed by atoms with Crippen LogP contribution in [-0.4, -0.2) is 29.3 Å². The number of nitrogens with zero attached hydrogens (tertiary/aromatic N) is 2. The predicted octanol–water partition coefficient (Wildman–Crippen LogP) is 3.38. The Morgan fingerprint density at radius 1 is 1.45 bits per heavy atom. The molecule has 8 heteroatoms. The maximum Gasteiger partial charge on any atom is 0.292 e. The Labute approximate surface area is 136 Å². The molecule has 1 aromatic carbocycles. The normalized spacial score (nSPS) is 10.7. The molecule has 1 heterocycles. The molecule has 0 saturated heterocycles. The first kappa shape index (κ1) is 16.4. The molecular weight excluding hydrogens is 326 g/mol. The Morgan fingerprint density at radius 3 is 2.86 bits per heavy atom. The third-order valence-electron chi connectivity index (χ3n) is 2.85. The van der Waals surface area contributed by atoms with Crippen LogP contribution >= 0.6 is 22.9 Å². The number of rotatable bonds is 6. The minimum atomic E-state index is -0.554. The van der Waals surface area contributed by atoms with E-state index in [1.54, 1.807) is 11.3 Å². The lowest BCUT2D eigenvalue weighted by atomic mass is 10.2. The zero-order chi connectivity index (χ0) is 16.1. The van der Waals surface area contributed by atoms with Crippen LogP contribution in [0.3, 0.4) is 0 Å². The lowest BCUT2D eigenvalue weighted by Crippen LogP contribution is -2.29. The lowest BCUT2D eigenvalue weighted by molar-refractivity contribution is -0.383. The molecule has 0 aliphatic rings. The highest BCUT2D eigenvalue weighted by atomic mass is 35.5. The van der Waals surface area contributed by atoms with Crippen molar-refractivity contribution >= 4 is 40.2 Å². The van der Waals surface area contributed by atoms with Gasteiger partial charge in [0.15, 0.2) is 0 Å². The number of likely N-dealkylation sites (N-methyl/N-ethyl adjacent to an activating group) is 1. The number of hydrogen-bond donors (Lipinski definition) is 1. The predicted molar refractivity (Wildman–Crippen MR) is 87.4 cm³/mol. The summed E-state index contributed by atoms with van der Waals surface area (Å²) < 4.78 is 0. The van der Waals surface area contributed by atoms with Crippen LogP contribution < -0.4 is 5.32 Å². The number of nitro groups is 1. The molecule has 0 unspecified atom stereocenters. The van der Waals surface area contributed by atoms with Crippen molar-refractivity contribution < 1.29 is 9.72 Å². The summed E-state index contributed by atoms with van der Waals surface area (Å²) in [6.07, 6.45) is 0. The van der Waals surface area contributed by atoms with Crippen LogP contribution in [0.5, 0.6) is 0 Å². The molecule has 0 fully saturated rings. The first-order valence-corrected chi connectivity index (χ1v) is 7.66. The van der Waals surface area contributed by atoms with Crippen LogP contribution in [0.1, 0.15) is 4.88 Å². The van der Waals surface area contributed by atoms with Gasteiger partial charge in [0.1, 0.15) is 5.69 Å². The average molecular weight is 340 g/mol. The van der Waals surface area contributed by atoms with E-state index in [0.29, 0.717) is 11.6 Å². The van der Waals surface area contributed by atoms with E-state index in [1.165, 1.54) is 18.2 Å². The van der Waals surface area contributed by atoms with E-state index in [4.69, 9.17) is 11.6 Å². The molecule has 0 bridgehead atoms. The summed E-state index contributed by atoms with van der Waals surface area (Å²) in [5, 5.41) is 15.8. The summed E-state index contributed by atoms with van der Waals surface area (Å²) in [6, 6.07) is 7.99. The summed E-state index contributed by atoms with van der Waals surface area (Å²) in [5.41, 5.74) is -0.0781. The molecule has 0 atom stereocenters. The molecule has 0 saturated carbocycles. The maximum atomic E-state index is 12.0. The quantitative estimate of drug-likeness (QED) is 0.646. The number of amides is 1. The molecule has 1 amide bonds. The van der Waals surface area contributed by atoms with Crippen molar-refractivity contribution in [1.82, 2.24) is 4.90 Å². The fourth-order valence-corrected chi connectivity index (χ4v) is 2.88. The van der Waals surface area contributed by atoms with Gasteiger partial charge in [-0.2, -0.15) is 0 Å². The van der Waals surface area contributed by atoms with E-state index in [9.17, 15) is 14.9 Å². The average Bonchev–Trinajstić information content (AvgIpc) is 2.90. The molecule has 1 N–H and O–H groups in total. The SMILES string of the molecule is CN(CC(=O)Nc1cc(Cl)ccc1[N+](=O)[O-])Cc1cccs1. The number of carbonyl (C=O) groups excluding carboxylic acids is 1. The van der Waals surface area contributed by atoms with E-state index in [-0.39, 0.29) is 23.8 Å². The molecule has 0 aliphatic carbocycles. The second-order valence-electron chi connectivity index (χ2n) is 4.72. The smallest absolute Gasteiger partial charge is 0.292 e. The van der Waals surface area contributed by atoms with Gasteiger partial charge >= 0.3 is 0 Å². The molecule has 0 aliphatic heterocycles. The first-order valence-electron chi connectivity index (χ1n) is 6.40. The largest absolute Gasteiger partial charge is 0.319 e. The van der Waals surface area contributed by atoms with Gasteiger partial charge in [0.05, 0.1) is 11.5 Å². The third kappa shape index (κ3) is 4.52. The van der Waals surface area contributed by atoms with Gasteiger partial charge in [0.25, 0.3) is 5.69 Å². The van der Waals surface area contributed by atoms with Crippen molar-refractivity contribution in [1.29, 1.82) is 0 Å². The van der Waals surface area contributed by atoms with Crippen LogP contribution in [0.15, 0.2) is 35.7 Å².